The second-order valence-corrected chi connectivity index (χ2v) is 15.2. The van der Waals surface area contributed by atoms with E-state index in [0.29, 0.717) is 16.2 Å². The van der Waals surface area contributed by atoms with E-state index in [2.05, 4.69) is 29.0 Å². The fourth-order valence-electron chi connectivity index (χ4n) is 4.84. The van der Waals surface area contributed by atoms with Gasteiger partial charge in [0.2, 0.25) is 5.91 Å². The lowest BCUT2D eigenvalue weighted by atomic mass is 10.1. The monoisotopic (exact) mass is 694 g/mol. The average molecular weight is 695 g/mol. The van der Waals surface area contributed by atoms with Crippen molar-refractivity contribution in [1.29, 1.82) is 0 Å². The number of carbonyl (C=O) groups excluding carboxylic acids is 2. The van der Waals surface area contributed by atoms with Gasteiger partial charge in [-0.1, -0.05) is 25.4 Å². The number of halogens is 1. The number of fused-ring (bicyclic) bond motifs is 1. The van der Waals surface area contributed by atoms with E-state index in [1.807, 2.05) is 13.0 Å². The van der Waals surface area contributed by atoms with Crippen LogP contribution >= 0.6 is 26.8 Å². The van der Waals surface area contributed by atoms with Crippen molar-refractivity contribution in [2.75, 3.05) is 37.7 Å². The van der Waals surface area contributed by atoms with E-state index in [1.165, 1.54) is 0 Å². The zero-order valence-corrected chi connectivity index (χ0v) is 28.4. The van der Waals surface area contributed by atoms with E-state index in [4.69, 9.17) is 16.3 Å². The number of pyridine rings is 1. The molecular weight excluding hydrogens is 650 g/mol. The highest BCUT2D eigenvalue weighted by Gasteiger charge is 2.58. The van der Waals surface area contributed by atoms with Crippen LogP contribution in [0.2, 0.25) is 5.02 Å². The van der Waals surface area contributed by atoms with Gasteiger partial charge in [-0.05, 0) is 89.3 Å². The SMILES string of the molecule is CCN(CC)CCCC(C)N(C(=O)OCCCC(=O)NCCCCC(O)(P(=O)(O)O)P(=O)(O)O)c1ccnc2cc(Cl)ccc12. The molecule has 1 unspecified atom stereocenters. The first kappa shape index (κ1) is 39.1. The summed E-state index contributed by atoms with van der Waals surface area (Å²) in [6, 6.07) is 6.82. The minimum Gasteiger partial charge on any atom is -0.449 e. The molecule has 0 aliphatic heterocycles. The Balaban J connectivity index is 1.94. The lowest BCUT2D eigenvalue weighted by Gasteiger charge is -2.30. The molecule has 0 aliphatic rings. The predicted octanol–water partition coefficient (Wildman–Crippen LogP) is 4.41. The largest absolute Gasteiger partial charge is 0.449 e. The number of ether oxygens (including phenoxy) is 1. The number of benzene rings is 1. The van der Waals surface area contributed by atoms with E-state index >= 15 is 0 Å². The van der Waals surface area contributed by atoms with Crippen LogP contribution in [-0.2, 0) is 18.7 Å². The Kier molecular flexibility index (Phi) is 15.4. The molecule has 1 atom stereocenters. The zero-order chi connectivity index (χ0) is 33.8. The zero-order valence-electron chi connectivity index (χ0n) is 25.8. The summed E-state index contributed by atoms with van der Waals surface area (Å²) in [5.74, 6) is -0.370. The Morgan fingerprint density at radius 2 is 1.71 bits per heavy atom. The molecule has 1 aromatic heterocycles. The highest BCUT2D eigenvalue weighted by Crippen LogP contribution is 2.69. The molecular formula is C28H45ClN4O10P2. The van der Waals surface area contributed by atoms with Gasteiger partial charge in [0.05, 0.1) is 17.8 Å². The fraction of sp³-hybridized carbons (Fsp3) is 0.607. The quantitative estimate of drug-likeness (QED) is 0.0892. The average Bonchev–Trinajstić information content (AvgIpc) is 2.96. The molecule has 14 nitrogen and oxygen atoms in total. The predicted molar refractivity (Wildman–Crippen MR) is 172 cm³/mol. The molecule has 0 radical (unpaired) electrons. The van der Waals surface area contributed by atoms with Crippen molar-refractivity contribution in [3.8, 4) is 0 Å². The van der Waals surface area contributed by atoms with Crippen LogP contribution in [0.1, 0.15) is 65.7 Å². The minimum atomic E-state index is -5.51. The van der Waals surface area contributed by atoms with Crippen LogP contribution in [0, 0.1) is 0 Å². The highest BCUT2D eigenvalue weighted by molar-refractivity contribution is 7.72. The number of nitrogens with one attached hydrogen (secondary N) is 1. The molecule has 1 heterocycles. The van der Waals surface area contributed by atoms with Gasteiger partial charge >= 0.3 is 21.3 Å². The maximum Gasteiger partial charge on any atom is 0.414 e. The number of rotatable bonds is 19. The fourth-order valence-corrected chi connectivity index (χ4v) is 7.26. The second-order valence-electron chi connectivity index (χ2n) is 10.8. The third-order valence-corrected chi connectivity index (χ3v) is 11.6. The maximum absolute atomic E-state index is 13.4. The number of hydrogen-bond acceptors (Lipinski definition) is 8. The topological polar surface area (TPSA) is 210 Å². The van der Waals surface area contributed by atoms with E-state index in [9.17, 15) is 43.4 Å². The molecule has 2 aromatic rings. The van der Waals surface area contributed by atoms with Crippen molar-refractivity contribution in [2.24, 2.45) is 0 Å². The molecule has 2 rings (SSSR count). The lowest BCUT2D eigenvalue weighted by molar-refractivity contribution is -0.121. The summed E-state index contributed by atoms with van der Waals surface area (Å²) in [6.07, 6.45) is 2.00. The number of aliphatic hydroxyl groups is 1. The van der Waals surface area contributed by atoms with Crippen molar-refractivity contribution >= 4 is 55.4 Å². The number of carbonyl (C=O) groups is 2. The van der Waals surface area contributed by atoms with Crippen LogP contribution in [0.4, 0.5) is 10.5 Å². The summed E-state index contributed by atoms with van der Waals surface area (Å²) >= 11 is 6.16. The second kappa shape index (κ2) is 17.7. The summed E-state index contributed by atoms with van der Waals surface area (Å²) in [5, 5.41) is 10.3. The van der Waals surface area contributed by atoms with Gasteiger partial charge in [0.15, 0.2) is 0 Å². The molecule has 6 N–H and O–H groups in total. The van der Waals surface area contributed by atoms with E-state index in [-0.39, 0.29) is 50.8 Å². The lowest BCUT2D eigenvalue weighted by Crippen LogP contribution is -2.40. The van der Waals surface area contributed by atoms with Crippen LogP contribution in [0.3, 0.4) is 0 Å². The van der Waals surface area contributed by atoms with Gasteiger partial charge in [0, 0.05) is 35.6 Å². The van der Waals surface area contributed by atoms with Gasteiger partial charge in [-0.2, -0.15) is 0 Å². The van der Waals surface area contributed by atoms with Crippen molar-refractivity contribution in [1.82, 2.24) is 15.2 Å². The number of aromatic nitrogens is 1. The van der Waals surface area contributed by atoms with Crippen molar-refractivity contribution in [2.45, 2.75) is 76.8 Å². The Labute approximate surface area is 268 Å². The Morgan fingerprint density at radius 1 is 1.04 bits per heavy atom. The third-order valence-electron chi connectivity index (χ3n) is 7.54. The van der Waals surface area contributed by atoms with Gasteiger partial charge in [-0.25, -0.2) is 4.79 Å². The summed E-state index contributed by atoms with van der Waals surface area (Å²) in [4.78, 5) is 70.7. The summed E-state index contributed by atoms with van der Waals surface area (Å²) in [7, 11) is -11.0. The Bertz CT molecular complexity index is 1350. The molecule has 2 amide bonds. The molecule has 0 saturated carbocycles. The molecule has 0 saturated heterocycles. The van der Waals surface area contributed by atoms with Crippen LogP contribution in [-0.4, -0.2) is 90.5 Å². The smallest absolute Gasteiger partial charge is 0.414 e. The summed E-state index contributed by atoms with van der Waals surface area (Å²) in [5.41, 5.74) is 1.28. The summed E-state index contributed by atoms with van der Waals surface area (Å²) < 4.78 is 28.4. The minimum absolute atomic E-state index is 0.0261. The first-order chi connectivity index (χ1) is 21.1. The number of hydrogen-bond donors (Lipinski definition) is 6. The van der Waals surface area contributed by atoms with Gasteiger partial charge in [0.25, 0.3) is 5.08 Å². The number of nitrogens with zero attached hydrogens (tertiary/aromatic N) is 3. The van der Waals surface area contributed by atoms with Crippen molar-refractivity contribution in [3.05, 3.63) is 35.5 Å². The molecule has 1 aromatic carbocycles. The van der Waals surface area contributed by atoms with E-state index in [0.717, 1.165) is 37.9 Å². The molecule has 0 aliphatic carbocycles. The number of anilines is 1. The normalized spacial score (nSPS) is 13.2. The van der Waals surface area contributed by atoms with Crippen molar-refractivity contribution < 1.29 is 48.1 Å². The van der Waals surface area contributed by atoms with Crippen LogP contribution < -0.4 is 10.2 Å². The number of unbranched alkanes of at least 4 members (excludes halogenated alkanes) is 1. The van der Waals surface area contributed by atoms with Gasteiger partial charge in [-0.15, -0.1) is 0 Å². The maximum atomic E-state index is 13.4. The molecule has 0 spiro atoms. The summed E-state index contributed by atoms with van der Waals surface area (Å²) in [6.45, 7) is 8.98. The third kappa shape index (κ3) is 11.3. The first-order valence-electron chi connectivity index (χ1n) is 14.9. The Morgan fingerprint density at radius 3 is 2.33 bits per heavy atom. The van der Waals surface area contributed by atoms with Gasteiger partial charge in [0.1, 0.15) is 0 Å². The van der Waals surface area contributed by atoms with Crippen molar-refractivity contribution in [3.63, 3.8) is 0 Å². The molecule has 17 heteroatoms. The van der Waals surface area contributed by atoms with E-state index in [1.54, 1.807) is 29.3 Å². The van der Waals surface area contributed by atoms with Crippen LogP contribution in [0.5, 0.6) is 0 Å². The van der Waals surface area contributed by atoms with Gasteiger partial charge < -0.3 is 39.6 Å². The Hall–Kier alpha value is -2.12. The molecule has 45 heavy (non-hydrogen) atoms. The molecule has 254 valence electrons. The highest BCUT2D eigenvalue weighted by atomic mass is 35.5. The first-order valence-corrected chi connectivity index (χ1v) is 18.5. The molecule has 0 bridgehead atoms. The van der Waals surface area contributed by atoms with Crippen LogP contribution in [0.15, 0.2) is 30.5 Å². The van der Waals surface area contributed by atoms with Gasteiger partial charge in [-0.3, -0.25) is 23.8 Å². The van der Waals surface area contributed by atoms with Crippen LogP contribution in [0.25, 0.3) is 10.9 Å². The standard InChI is InChI=1S/C28H45ClN4O10P2/c1-4-32(5-2)18-8-10-21(3)33(25-14-17-30-24-20-22(29)12-13-23(24)25)27(35)43-19-9-11-26(34)31-16-7-6-15-28(36,44(37,38)39)45(40,41)42/h12-14,17,20-21,36H,4-11,15-16,18-19H2,1-3H3,(H,31,34)(H2,37,38,39)(H2,40,41,42). The number of amides is 2. The van der Waals surface area contributed by atoms with E-state index < -0.39 is 32.8 Å². The molecule has 0 fully saturated rings.